The number of rotatable bonds is 5. The maximum absolute atomic E-state index is 12.6. The van der Waals surface area contributed by atoms with Gasteiger partial charge in [-0.3, -0.25) is 5.32 Å². The molecule has 1 heterocycles. The van der Waals surface area contributed by atoms with Crippen molar-refractivity contribution in [1.29, 1.82) is 0 Å². The Labute approximate surface area is 180 Å². The molecule has 0 aliphatic carbocycles. The van der Waals surface area contributed by atoms with Crippen LogP contribution in [0, 0.1) is 0 Å². The zero-order chi connectivity index (χ0) is 21.5. The van der Waals surface area contributed by atoms with Crippen LogP contribution in [0.5, 0.6) is 5.75 Å². The van der Waals surface area contributed by atoms with Gasteiger partial charge in [0, 0.05) is 11.3 Å². The predicted octanol–water partition coefficient (Wildman–Crippen LogP) is 5.86. The van der Waals surface area contributed by atoms with E-state index in [4.69, 9.17) is 9.15 Å². The van der Waals surface area contributed by atoms with E-state index in [0.29, 0.717) is 28.7 Å². The molecule has 0 radical (unpaired) electrons. The van der Waals surface area contributed by atoms with Crippen molar-refractivity contribution in [2.24, 2.45) is 4.99 Å². The molecule has 4 aromatic rings. The third kappa shape index (κ3) is 5.19. The number of urea groups is 1. The van der Waals surface area contributed by atoms with Crippen molar-refractivity contribution < 1.29 is 13.9 Å². The number of para-hydroxylation sites is 2. The quantitative estimate of drug-likeness (QED) is 0.319. The minimum atomic E-state index is -0.414. The van der Waals surface area contributed by atoms with Crippen LogP contribution in [0.3, 0.4) is 0 Å². The summed E-state index contributed by atoms with van der Waals surface area (Å²) in [6, 6.07) is 29.3. The summed E-state index contributed by atoms with van der Waals surface area (Å²) in [5.41, 5.74) is 2.26. The molecule has 31 heavy (non-hydrogen) atoms. The van der Waals surface area contributed by atoms with Gasteiger partial charge in [-0.2, -0.15) is 0 Å². The molecule has 154 valence electrons. The molecule has 0 fully saturated rings. The Morgan fingerprint density at radius 2 is 1.52 bits per heavy atom. The molecule has 0 atom stereocenters. The summed E-state index contributed by atoms with van der Waals surface area (Å²) in [6.45, 7) is 0. The standard InChI is InChI=1S/C25H21N3O3/c1-30-21-14-12-18(13-15-21)22-16-17-23(31-22)24(26-19-8-4-2-5-9-19)28-25(29)27-20-10-6-3-7-11-20/h2-17H,1H3,(H2,26,27,28,29). The fraction of sp³-hybridized carbons (Fsp3) is 0.0400. The van der Waals surface area contributed by atoms with Crippen molar-refractivity contribution in [3.63, 3.8) is 0 Å². The normalized spacial score (nSPS) is 11.1. The molecular formula is C25H21N3O3. The highest BCUT2D eigenvalue weighted by atomic mass is 16.5. The Bertz CT molecular complexity index is 1170. The predicted molar refractivity (Wildman–Crippen MR) is 122 cm³/mol. The molecule has 0 bridgehead atoms. The number of carbonyl (C=O) groups excluding carboxylic acids is 1. The summed E-state index contributed by atoms with van der Waals surface area (Å²) >= 11 is 0. The van der Waals surface area contributed by atoms with E-state index in [1.807, 2.05) is 91.0 Å². The van der Waals surface area contributed by atoms with Crippen molar-refractivity contribution in [3.05, 3.63) is 103 Å². The van der Waals surface area contributed by atoms with E-state index >= 15 is 0 Å². The summed E-state index contributed by atoms with van der Waals surface area (Å²) < 4.78 is 11.2. The fourth-order valence-electron chi connectivity index (χ4n) is 2.94. The smallest absolute Gasteiger partial charge is 0.324 e. The Morgan fingerprint density at radius 3 is 2.19 bits per heavy atom. The van der Waals surface area contributed by atoms with Crippen molar-refractivity contribution in [3.8, 4) is 17.1 Å². The van der Waals surface area contributed by atoms with E-state index in [2.05, 4.69) is 15.6 Å². The topological polar surface area (TPSA) is 75.9 Å². The molecule has 6 heteroatoms. The molecule has 2 N–H and O–H groups in total. The first-order chi connectivity index (χ1) is 15.2. The van der Waals surface area contributed by atoms with Crippen molar-refractivity contribution >= 4 is 23.2 Å². The largest absolute Gasteiger partial charge is 0.497 e. The van der Waals surface area contributed by atoms with Gasteiger partial charge in [-0.1, -0.05) is 36.4 Å². The molecular weight excluding hydrogens is 390 g/mol. The SMILES string of the molecule is COc1ccc(-c2ccc(C(=Nc3ccccc3)NC(=O)Nc3ccccc3)o2)cc1. The van der Waals surface area contributed by atoms with Crippen LogP contribution in [0.25, 0.3) is 11.3 Å². The second-order valence-corrected chi connectivity index (χ2v) is 6.63. The summed E-state index contributed by atoms with van der Waals surface area (Å²) in [5.74, 6) is 2.17. The molecule has 0 saturated carbocycles. The third-order valence-electron chi connectivity index (χ3n) is 4.47. The second-order valence-electron chi connectivity index (χ2n) is 6.63. The lowest BCUT2D eigenvalue weighted by molar-refractivity contribution is 0.256. The van der Waals surface area contributed by atoms with Crippen LogP contribution in [-0.2, 0) is 0 Å². The van der Waals surface area contributed by atoms with Crippen LogP contribution in [0.1, 0.15) is 5.76 Å². The number of benzene rings is 3. The minimum Gasteiger partial charge on any atom is -0.497 e. The van der Waals surface area contributed by atoms with Crippen LogP contribution in [0.15, 0.2) is 106 Å². The monoisotopic (exact) mass is 411 g/mol. The van der Waals surface area contributed by atoms with Gasteiger partial charge in [0.1, 0.15) is 11.5 Å². The van der Waals surface area contributed by atoms with Crippen LogP contribution >= 0.6 is 0 Å². The van der Waals surface area contributed by atoms with Gasteiger partial charge in [0.15, 0.2) is 11.6 Å². The van der Waals surface area contributed by atoms with Crippen LogP contribution in [0.2, 0.25) is 0 Å². The number of hydrogen-bond donors (Lipinski definition) is 2. The number of amidine groups is 1. The average molecular weight is 411 g/mol. The minimum absolute atomic E-state index is 0.305. The van der Waals surface area contributed by atoms with Gasteiger partial charge in [-0.15, -0.1) is 0 Å². The molecule has 0 aliphatic rings. The van der Waals surface area contributed by atoms with Crippen LogP contribution in [-0.4, -0.2) is 19.0 Å². The van der Waals surface area contributed by atoms with E-state index in [-0.39, 0.29) is 0 Å². The Balaban J connectivity index is 1.60. The number of anilines is 1. The Morgan fingerprint density at radius 1 is 0.839 bits per heavy atom. The zero-order valence-electron chi connectivity index (χ0n) is 16.9. The molecule has 3 aromatic carbocycles. The molecule has 0 unspecified atom stereocenters. The zero-order valence-corrected chi connectivity index (χ0v) is 16.9. The van der Waals surface area contributed by atoms with Crippen LogP contribution in [0.4, 0.5) is 16.2 Å². The van der Waals surface area contributed by atoms with E-state index in [9.17, 15) is 4.79 Å². The van der Waals surface area contributed by atoms with E-state index < -0.39 is 6.03 Å². The van der Waals surface area contributed by atoms with E-state index in [1.165, 1.54) is 0 Å². The summed E-state index contributed by atoms with van der Waals surface area (Å²) in [6.07, 6.45) is 0. The first-order valence-corrected chi connectivity index (χ1v) is 9.73. The van der Waals surface area contributed by atoms with Crippen LogP contribution < -0.4 is 15.4 Å². The highest BCUT2D eigenvalue weighted by Crippen LogP contribution is 2.25. The van der Waals surface area contributed by atoms with Gasteiger partial charge in [0.25, 0.3) is 0 Å². The van der Waals surface area contributed by atoms with Gasteiger partial charge >= 0.3 is 6.03 Å². The number of hydrogen-bond acceptors (Lipinski definition) is 4. The van der Waals surface area contributed by atoms with Gasteiger partial charge in [-0.05, 0) is 60.7 Å². The molecule has 0 aliphatic heterocycles. The highest BCUT2D eigenvalue weighted by molar-refractivity contribution is 6.10. The number of nitrogens with zero attached hydrogens (tertiary/aromatic N) is 1. The number of nitrogens with one attached hydrogen (secondary N) is 2. The van der Waals surface area contributed by atoms with Crippen molar-refractivity contribution in [1.82, 2.24) is 5.32 Å². The Kier molecular flexibility index (Phi) is 6.09. The highest BCUT2D eigenvalue weighted by Gasteiger charge is 2.14. The molecule has 0 spiro atoms. The molecule has 1 aromatic heterocycles. The summed E-state index contributed by atoms with van der Waals surface area (Å²) in [4.78, 5) is 17.2. The maximum Gasteiger partial charge on any atom is 0.324 e. The number of aliphatic imine (C=N–C) groups is 1. The third-order valence-corrected chi connectivity index (χ3v) is 4.47. The lowest BCUT2D eigenvalue weighted by atomic mass is 10.2. The fourth-order valence-corrected chi connectivity index (χ4v) is 2.94. The summed E-state index contributed by atoms with van der Waals surface area (Å²) in [5, 5.41) is 5.59. The van der Waals surface area contributed by atoms with Gasteiger partial charge < -0.3 is 14.5 Å². The van der Waals surface area contributed by atoms with E-state index in [1.54, 1.807) is 13.2 Å². The van der Waals surface area contributed by atoms with Crippen molar-refractivity contribution in [2.75, 3.05) is 12.4 Å². The molecule has 6 nitrogen and oxygen atoms in total. The number of furan rings is 1. The number of ether oxygens (including phenoxy) is 1. The lowest BCUT2D eigenvalue weighted by Crippen LogP contribution is -2.34. The first-order valence-electron chi connectivity index (χ1n) is 9.73. The summed E-state index contributed by atoms with van der Waals surface area (Å²) in [7, 11) is 1.62. The number of methoxy groups -OCH3 is 1. The molecule has 4 rings (SSSR count). The van der Waals surface area contributed by atoms with Crippen molar-refractivity contribution in [2.45, 2.75) is 0 Å². The number of carbonyl (C=O) groups is 1. The average Bonchev–Trinajstić information content (AvgIpc) is 3.30. The van der Waals surface area contributed by atoms with Gasteiger partial charge in [0.2, 0.25) is 0 Å². The molecule has 0 saturated heterocycles. The lowest BCUT2D eigenvalue weighted by Gasteiger charge is -2.09. The number of amides is 2. The first kappa shape index (κ1) is 20.0. The second kappa shape index (κ2) is 9.45. The Hall–Kier alpha value is -4.32. The van der Waals surface area contributed by atoms with E-state index in [0.717, 1.165) is 11.3 Å². The van der Waals surface area contributed by atoms with Gasteiger partial charge in [-0.25, -0.2) is 9.79 Å². The maximum atomic E-state index is 12.6. The van der Waals surface area contributed by atoms with Gasteiger partial charge in [0.05, 0.1) is 12.8 Å². The molecule has 2 amide bonds.